The summed E-state index contributed by atoms with van der Waals surface area (Å²) in [7, 11) is 1.79. The maximum absolute atomic E-state index is 12.8. The molecule has 0 aliphatic rings. The Bertz CT molecular complexity index is 374. The average molecular weight is 237 g/mol. The second kappa shape index (κ2) is 5.80. The van der Waals surface area contributed by atoms with Crippen LogP contribution in [0.4, 0.5) is 4.39 Å². The third kappa shape index (κ3) is 3.29. The largest absolute Gasteiger partial charge is 0.339 e. The summed E-state index contributed by atoms with van der Waals surface area (Å²) < 4.78 is 12.8. The van der Waals surface area contributed by atoms with Gasteiger partial charge in [-0.2, -0.15) is 0 Å². The van der Waals surface area contributed by atoms with Crippen molar-refractivity contribution in [1.82, 2.24) is 4.90 Å². The number of nitrogens with zero attached hydrogens (tertiary/aromatic N) is 1. The topological polar surface area (TPSA) is 20.3 Å². The standard InChI is InChI=1S/C14H20FNO/c1-5-10(2)14(17)16(4)11(3)12-6-8-13(15)9-7-12/h6-11H,5H2,1-4H3. The lowest BCUT2D eigenvalue weighted by Crippen LogP contribution is -2.33. The molecule has 0 aliphatic carbocycles. The van der Waals surface area contributed by atoms with Crippen LogP contribution < -0.4 is 0 Å². The molecule has 1 rings (SSSR count). The molecule has 0 aromatic heterocycles. The smallest absolute Gasteiger partial charge is 0.225 e. The van der Waals surface area contributed by atoms with Gasteiger partial charge in [-0.15, -0.1) is 0 Å². The Morgan fingerprint density at radius 3 is 2.29 bits per heavy atom. The molecular formula is C14H20FNO. The van der Waals surface area contributed by atoms with Crippen LogP contribution in [0.1, 0.15) is 38.8 Å². The highest BCUT2D eigenvalue weighted by Gasteiger charge is 2.21. The van der Waals surface area contributed by atoms with Gasteiger partial charge >= 0.3 is 0 Å². The van der Waals surface area contributed by atoms with E-state index in [9.17, 15) is 9.18 Å². The molecular weight excluding hydrogens is 217 g/mol. The van der Waals surface area contributed by atoms with Crippen LogP contribution in [0.25, 0.3) is 0 Å². The molecule has 0 bridgehead atoms. The molecule has 0 radical (unpaired) electrons. The van der Waals surface area contributed by atoms with E-state index >= 15 is 0 Å². The molecule has 94 valence electrons. The number of benzene rings is 1. The summed E-state index contributed by atoms with van der Waals surface area (Å²) in [5.41, 5.74) is 0.950. The van der Waals surface area contributed by atoms with Gasteiger partial charge in [0.15, 0.2) is 0 Å². The second-order valence-corrected chi connectivity index (χ2v) is 4.49. The Labute approximate surface area is 102 Å². The van der Waals surface area contributed by atoms with Gasteiger partial charge in [-0.1, -0.05) is 26.0 Å². The van der Waals surface area contributed by atoms with Crippen molar-refractivity contribution in [3.05, 3.63) is 35.6 Å². The third-order valence-corrected chi connectivity index (χ3v) is 3.31. The maximum Gasteiger partial charge on any atom is 0.225 e. The first-order valence-corrected chi connectivity index (χ1v) is 5.99. The van der Waals surface area contributed by atoms with Crippen molar-refractivity contribution in [2.24, 2.45) is 5.92 Å². The molecule has 0 spiro atoms. The highest BCUT2D eigenvalue weighted by molar-refractivity contribution is 5.78. The van der Waals surface area contributed by atoms with Gasteiger partial charge in [-0.3, -0.25) is 4.79 Å². The number of halogens is 1. The van der Waals surface area contributed by atoms with E-state index < -0.39 is 0 Å². The summed E-state index contributed by atoms with van der Waals surface area (Å²) in [4.78, 5) is 13.7. The minimum Gasteiger partial charge on any atom is -0.339 e. The lowest BCUT2D eigenvalue weighted by atomic mass is 10.0. The van der Waals surface area contributed by atoms with Gasteiger partial charge in [-0.25, -0.2) is 4.39 Å². The number of hydrogen-bond acceptors (Lipinski definition) is 1. The van der Waals surface area contributed by atoms with Gasteiger partial charge in [0.2, 0.25) is 5.91 Å². The Balaban J connectivity index is 2.79. The quantitative estimate of drug-likeness (QED) is 0.786. The van der Waals surface area contributed by atoms with Crippen molar-refractivity contribution in [3.8, 4) is 0 Å². The van der Waals surface area contributed by atoms with Crippen LogP contribution in [-0.4, -0.2) is 17.9 Å². The van der Waals surface area contributed by atoms with E-state index in [1.54, 1.807) is 24.1 Å². The first-order valence-electron chi connectivity index (χ1n) is 5.99. The number of amides is 1. The van der Waals surface area contributed by atoms with Gasteiger partial charge < -0.3 is 4.90 Å². The second-order valence-electron chi connectivity index (χ2n) is 4.49. The van der Waals surface area contributed by atoms with Crippen molar-refractivity contribution < 1.29 is 9.18 Å². The minimum atomic E-state index is -0.253. The molecule has 1 aromatic carbocycles. The molecule has 0 saturated heterocycles. The fourth-order valence-corrected chi connectivity index (χ4v) is 1.68. The van der Waals surface area contributed by atoms with Crippen molar-refractivity contribution in [1.29, 1.82) is 0 Å². The van der Waals surface area contributed by atoms with E-state index in [0.717, 1.165) is 12.0 Å². The fraction of sp³-hybridized carbons (Fsp3) is 0.500. The lowest BCUT2D eigenvalue weighted by Gasteiger charge is -2.27. The fourth-order valence-electron chi connectivity index (χ4n) is 1.68. The van der Waals surface area contributed by atoms with Gasteiger partial charge in [0, 0.05) is 13.0 Å². The van der Waals surface area contributed by atoms with Gasteiger partial charge in [-0.05, 0) is 31.0 Å². The zero-order valence-corrected chi connectivity index (χ0v) is 10.9. The molecule has 2 unspecified atom stereocenters. The first kappa shape index (κ1) is 13.7. The number of carbonyl (C=O) groups is 1. The molecule has 2 nitrogen and oxygen atoms in total. The summed E-state index contributed by atoms with van der Waals surface area (Å²) in [5, 5.41) is 0. The van der Waals surface area contributed by atoms with E-state index in [1.165, 1.54) is 12.1 Å². The predicted molar refractivity (Wildman–Crippen MR) is 67.0 cm³/mol. The molecule has 0 aliphatic heterocycles. The van der Waals surface area contributed by atoms with Crippen LogP contribution in [0.2, 0.25) is 0 Å². The average Bonchev–Trinajstić information content (AvgIpc) is 2.36. The summed E-state index contributed by atoms with van der Waals surface area (Å²) in [6, 6.07) is 6.26. The Hall–Kier alpha value is -1.38. The zero-order chi connectivity index (χ0) is 13.0. The Kier molecular flexibility index (Phi) is 4.67. The van der Waals surface area contributed by atoms with Gasteiger partial charge in [0.25, 0.3) is 0 Å². The molecule has 0 saturated carbocycles. The van der Waals surface area contributed by atoms with Crippen LogP contribution in [0.3, 0.4) is 0 Å². The molecule has 2 atom stereocenters. The summed E-state index contributed by atoms with van der Waals surface area (Å²) in [6.07, 6.45) is 0.833. The van der Waals surface area contributed by atoms with Crippen molar-refractivity contribution in [2.75, 3.05) is 7.05 Å². The van der Waals surface area contributed by atoms with E-state index in [1.807, 2.05) is 20.8 Å². The van der Waals surface area contributed by atoms with Gasteiger partial charge in [0.05, 0.1) is 6.04 Å². The summed E-state index contributed by atoms with van der Waals surface area (Å²) in [6.45, 7) is 5.88. The number of carbonyl (C=O) groups excluding carboxylic acids is 1. The monoisotopic (exact) mass is 237 g/mol. The Morgan fingerprint density at radius 1 is 1.29 bits per heavy atom. The van der Waals surface area contributed by atoms with Crippen LogP contribution in [0.5, 0.6) is 0 Å². The van der Waals surface area contributed by atoms with Crippen molar-refractivity contribution in [2.45, 2.75) is 33.2 Å². The molecule has 1 aromatic rings. The van der Waals surface area contributed by atoms with Gasteiger partial charge in [0.1, 0.15) is 5.82 Å². The predicted octanol–water partition coefficient (Wildman–Crippen LogP) is 3.39. The van der Waals surface area contributed by atoms with Crippen molar-refractivity contribution in [3.63, 3.8) is 0 Å². The summed E-state index contributed by atoms with van der Waals surface area (Å²) in [5.74, 6) is -0.0934. The molecule has 0 heterocycles. The SMILES string of the molecule is CCC(C)C(=O)N(C)C(C)c1ccc(F)cc1. The van der Waals surface area contributed by atoms with E-state index in [4.69, 9.17) is 0 Å². The Morgan fingerprint density at radius 2 is 1.82 bits per heavy atom. The van der Waals surface area contributed by atoms with Crippen LogP contribution in [0.15, 0.2) is 24.3 Å². The first-order chi connectivity index (χ1) is 7.97. The van der Waals surface area contributed by atoms with E-state index in [-0.39, 0.29) is 23.7 Å². The molecule has 0 fully saturated rings. The normalized spacial score (nSPS) is 14.2. The highest BCUT2D eigenvalue weighted by atomic mass is 19.1. The highest BCUT2D eigenvalue weighted by Crippen LogP contribution is 2.21. The number of rotatable bonds is 4. The lowest BCUT2D eigenvalue weighted by molar-refractivity contribution is -0.135. The molecule has 0 N–H and O–H groups in total. The van der Waals surface area contributed by atoms with Crippen molar-refractivity contribution >= 4 is 5.91 Å². The molecule has 17 heavy (non-hydrogen) atoms. The maximum atomic E-state index is 12.8. The number of hydrogen-bond donors (Lipinski definition) is 0. The zero-order valence-electron chi connectivity index (χ0n) is 10.9. The molecule has 1 amide bonds. The van der Waals surface area contributed by atoms with Crippen LogP contribution in [0, 0.1) is 11.7 Å². The molecule has 3 heteroatoms. The van der Waals surface area contributed by atoms with E-state index in [2.05, 4.69) is 0 Å². The minimum absolute atomic E-state index is 0.0305. The van der Waals surface area contributed by atoms with Crippen LogP contribution >= 0.6 is 0 Å². The van der Waals surface area contributed by atoms with Crippen LogP contribution in [-0.2, 0) is 4.79 Å². The third-order valence-electron chi connectivity index (χ3n) is 3.31. The van der Waals surface area contributed by atoms with E-state index in [0.29, 0.717) is 0 Å². The summed E-state index contributed by atoms with van der Waals surface area (Å²) >= 11 is 0.